The molecule has 0 radical (unpaired) electrons. The number of nitrogens with zero attached hydrogens (tertiary/aromatic N) is 3. The van der Waals surface area contributed by atoms with Gasteiger partial charge >= 0.3 is 0 Å². The molecule has 1 saturated heterocycles. The molecule has 4 nitrogen and oxygen atoms in total. The van der Waals surface area contributed by atoms with E-state index in [1.165, 1.54) is 6.42 Å². The molecule has 1 fully saturated rings. The van der Waals surface area contributed by atoms with Gasteiger partial charge in [0.1, 0.15) is 0 Å². The molecule has 3 rings (SSSR count). The van der Waals surface area contributed by atoms with E-state index in [1.54, 1.807) is 11.3 Å². The highest BCUT2D eigenvalue weighted by Gasteiger charge is 2.35. The zero-order valence-electron chi connectivity index (χ0n) is 13.6. The highest BCUT2D eigenvalue weighted by molar-refractivity contribution is 7.15. The van der Waals surface area contributed by atoms with Crippen molar-refractivity contribution in [2.45, 2.75) is 52.2 Å². The minimum atomic E-state index is -0.333. The molecule has 1 N–H and O–H groups in total. The third-order valence-corrected chi connectivity index (χ3v) is 5.94. The number of rotatable bonds is 1. The molecular weight excluding hydrogens is 282 g/mol. The highest BCUT2D eigenvalue weighted by atomic mass is 32.1. The standard InChI is InChI=1S/C16H27N3OS/c1-11-10-18(4)6-5-7-19(11)15-17-12-8-16(2,3)9-13(20)14(12)21-15/h11,13,20H,5-10H2,1-4H3. The largest absolute Gasteiger partial charge is 0.387 e. The lowest BCUT2D eigenvalue weighted by atomic mass is 9.77. The number of fused-ring (bicyclic) bond motifs is 1. The summed E-state index contributed by atoms with van der Waals surface area (Å²) in [5.41, 5.74) is 1.28. The van der Waals surface area contributed by atoms with Crippen LogP contribution >= 0.6 is 11.3 Å². The van der Waals surface area contributed by atoms with E-state index in [2.05, 4.69) is 37.6 Å². The van der Waals surface area contributed by atoms with E-state index in [1.807, 2.05) is 0 Å². The predicted molar refractivity (Wildman–Crippen MR) is 88.1 cm³/mol. The van der Waals surface area contributed by atoms with Crippen molar-refractivity contribution in [3.63, 3.8) is 0 Å². The van der Waals surface area contributed by atoms with Gasteiger partial charge in [-0.1, -0.05) is 25.2 Å². The van der Waals surface area contributed by atoms with Crippen LogP contribution in [0.4, 0.5) is 5.13 Å². The smallest absolute Gasteiger partial charge is 0.186 e. The zero-order chi connectivity index (χ0) is 15.2. The van der Waals surface area contributed by atoms with Crippen molar-refractivity contribution < 1.29 is 5.11 Å². The first-order chi connectivity index (χ1) is 9.85. The molecule has 0 saturated carbocycles. The molecule has 2 heterocycles. The molecule has 1 aromatic heterocycles. The number of anilines is 1. The molecule has 1 aliphatic heterocycles. The molecule has 21 heavy (non-hydrogen) atoms. The van der Waals surface area contributed by atoms with E-state index in [-0.39, 0.29) is 11.5 Å². The van der Waals surface area contributed by atoms with Crippen molar-refractivity contribution in [2.75, 3.05) is 31.6 Å². The van der Waals surface area contributed by atoms with Gasteiger partial charge in [0.05, 0.1) is 16.7 Å². The second kappa shape index (κ2) is 5.52. The van der Waals surface area contributed by atoms with Crippen molar-refractivity contribution >= 4 is 16.5 Å². The summed E-state index contributed by atoms with van der Waals surface area (Å²) in [5.74, 6) is 0. The number of aliphatic hydroxyl groups excluding tert-OH is 1. The quantitative estimate of drug-likeness (QED) is 0.866. The Kier molecular flexibility index (Phi) is 4.01. The summed E-state index contributed by atoms with van der Waals surface area (Å²) in [7, 11) is 2.19. The number of aromatic nitrogens is 1. The van der Waals surface area contributed by atoms with Crippen LogP contribution in [0.5, 0.6) is 0 Å². The fraction of sp³-hybridized carbons (Fsp3) is 0.812. The fourth-order valence-electron chi connectivity index (χ4n) is 3.66. The Balaban J connectivity index is 1.87. The summed E-state index contributed by atoms with van der Waals surface area (Å²) in [6.07, 6.45) is 2.68. The van der Waals surface area contributed by atoms with Crippen LogP contribution in [-0.4, -0.2) is 47.7 Å². The maximum Gasteiger partial charge on any atom is 0.186 e. The molecular formula is C16H27N3OS. The van der Waals surface area contributed by atoms with Crippen molar-refractivity contribution in [2.24, 2.45) is 5.41 Å². The van der Waals surface area contributed by atoms with E-state index in [0.29, 0.717) is 6.04 Å². The fourth-order valence-corrected chi connectivity index (χ4v) is 4.85. The summed E-state index contributed by atoms with van der Waals surface area (Å²) >= 11 is 1.71. The van der Waals surface area contributed by atoms with Gasteiger partial charge in [0.15, 0.2) is 5.13 Å². The Hall–Kier alpha value is -0.650. The summed E-state index contributed by atoms with van der Waals surface area (Å²) < 4.78 is 0. The lowest BCUT2D eigenvalue weighted by molar-refractivity contribution is 0.102. The van der Waals surface area contributed by atoms with Crippen LogP contribution in [-0.2, 0) is 6.42 Å². The van der Waals surface area contributed by atoms with E-state index >= 15 is 0 Å². The van der Waals surface area contributed by atoms with Gasteiger partial charge in [0.25, 0.3) is 0 Å². The first-order valence-electron chi connectivity index (χ1n) is 7.98. The average molecular weight is 309 g/mol. The number of likely N-dealkylation sites (N-methyl/N-ethyl adjacent to an activating group) is 1. The average Bonchev–Trinajstić information content (AvgIpc) is 2.68. The maximum atomic E-state index is 10.4. The van der Waals surface area contributed by atoms with Crippen LogP contribution in [0.15, 0.2) is 0 Å². The first-order valence-corrected chi connectivity index (χ1v) is 8.80. The van der Waals surface area contributed by atoms with Gasteiger partial charge in [-0.2, -0.15) is 0 Å². The van der Waals surface area contributed by atoms with E-state index < -0.39 is 0 Å². The Morgan fingerprint density at radius 1 is 1.33 bits per heavy atom. The Bertz CT molecular complexity index is 514. The van der Waals surface area contributed by atoms with Crippen LogP contribution in [0.3, 0.4) is 0 Å². The molecule has 5 heteroatoms. The number of hydrogen-bond acceptors (Lipinski definition) is 5. The summed E-state index contributed by atoms with van der Waals surface area (Å²) in [5, 5.41) is 11.5. The van der Waals surface area contributed by atoms with Crippen molar-refractivity contribution in [3.8, 4) is 0 Å². The van der Waals surface area contributed by atoms with Gasteiger partial charge < -0.3 is 14.9 Å². The topological polar surface area (TPSA) is 39.6 Å². The van der Waals surface area contributed by atoms with Crippen LogP contribution in [0.1, 0.15) is 50.3 Å². The van der Waals surface area contributed by atoms with E-state index in [4.69, 9.17) is 4.98 Å². The summed E-state index contributed by atoms with van der Waals surface area (Å²) in [6.45, 7) is 10.0. The molecule has 118 valence electrons. The highest BCUT2D eigenvalue weighted by Crippen LogP contribution is 2.45. The normalized spacial score (nSPS) is 30.0. The van der Waals surface area contributed by atoms with Gasteiger partial charge in [-0.05, 0) is 45.2 Å². The van der Waals surface area contributed by atoms with Crippen molar-refractivity contribution in [1.82, 2.24) is 9.88 Å². The third-order valence-electron chi connectivity index (χ3n) is 4.70. The molecule has 0 spiro atoms. The zero-order valence-corrected chi connectivity index (χ0v) is 14.4. The van der Waals surface area contributed by atoms with Gasteiger partial charge in [-0.15, -0.1) is 0 Å². The monoisotopic (exact) mass is 309 g/mol. The summed E-state index contributed by atoms with van der Waals surface area (Å²) in [6, 6.07) is 0.482. The van der Waals surface area contributed by atoms with Crippen LogP contribution in [0.25, 0.3) is 0 Å². The minimum absolute atomic E-state index is 0.155. The van der Waals surface area contributed by atoms with Gasteiger partial charge in [-0.25, -0.2) is 4.98 Å². The number of thiazole rings is 1. The van der Waals surface area contributed by atoms with Crippen molar-refractivity contribution in [1.29, 1.82) is 0 Å². The van der Waals surface area contributed by atoms with Crippen LogP contribution < -0.4 is 4.90 Å². The second-order valence-corrected chi connectivity index (χ2v) is 8.54. The van der Waals surface area contributed by atoms with Crippen LogP contribution in [0.2, 0.25) is 0 Å². The van der Waals surface area contributed by atoms with Gasteiger partial charge in [-0.3, -0.25) is 0 Å². The maximum absolute atomic E-state index is 10.4. The molecule has 0 amide bonds. The predicted octanol–water partition coefficient (Wildman–Crippen LogP) is 2.68. The molecule has 0 aromatic carbocycles. The lowest BCUT2D eigenvalue weighted by Crippen LogP contribution is -2.37. The Labute approximate surface area is 131 Å². The SMILES string of the molecule is CC1CN(C)CCCN1c1nc2c(s1)C(O)CC(C)(C)C2. The number of aliphatic hydroxyl groups is 1. The Morgan fingerprint density at radius 2 is 2.10 bits per heavy atom. The number of hydrogen-bond donors (Lipinski definition) is 1. The van der Waals surface area contributed by atoms with Gasteiger partial charge in [0, 0.05) is 19.1 Å². The molecule has 2 unspecified atom stereocenters. The van der Waals surface area contributed by atoms with Crippen molar-refractivity contribution in [3.05, 3.63) is 10.6 Å². The molecule has 2 aliphatic rings. The lowest BCUT2D eigenvalue weighted by Gasteiger charge is -2.31. The summed E-state index contributed by atoms with van der Waals surface area (Å²) in [4.78, 5) is 10.8. The first kappa shape index (κ1) is 15.3. The second-order valence-electron chi connectivity index (χ2n) is 7.53. The Morgan fingerprint density at radius 3 is 2.86 bits per heavy atom. The molecule has 1 aliphatic carbocycles. The minimum Gasteiger partial charge on any atom is -0.387 e. The van der Waals surface area contributed by atoms with E-state index in [0.717, 1.165) is 48.2 Å². The molecule has 1 aromatic rings. The molecule has 0 bridgehead atoms. The third kappa shape index (κ3) is 3.10. The van der Waals surface area contributed by atoms with Crippen LogP contribution in [0, 0.1) is 5.41 Å². The molecule has 2 atom stereocenters. The van der Waals surface area contributed by atoms with Gasteiger partial charge in [0.2, 0.25) is 0 Å². The van der Waals surface area contributed by atoms with E-state index in [9.17, 15) is 5.11 Å².